The molecule has 0 saturated heterocycles. The molecule has 2 radical (unpaired) electrons. The monoisotopic (exact) mass is 502 g/mol. The number of rotatable bonds is 9. The Balaban J connectivity index is 2.13. The number of carbonyl (C=O) groups excluding carboxylic acids is 2. The largest absolute Gasteiger partial charge is 0.460 e. The fourth-order valence-electron chi connectivity index (χ4n) is 4.32. The number of aliphatic hydroxyl groups excluding tert-OH is 1. The van der Waals surface area contributed by atoms with E-state index in [9.17, 15) is 14.7 Å². The van der Waals surface area contributed by atoms with Crippen LogP contribution in [0.15, 0.2) is 91.0 Å². The van der Waals surface area contributed by atoms with Crippen LogP contribution in [0.2, 0.25) is 0 Å². The van der Waals surface area contributed by atoms with Gasteiger partial charge in [0.05, 0.1) is 29.7 Å². The van der Waals surface area contributed by atoms with E-state index >= 15 is 0 Å². The van der Waals surface area contributed by atoms with Crippen LogP contribution in [0.5, 0.6) is 0 Å². The molecule has 0 aromatic heterocycles. The number of likely N-dealkylation sites (N-methyl/N-ethyl adjacent to an activating group) is 1. The molecule has 2 atom stereocenters. The van der Waals surface area contributed by atoms with Gasteiger partial charge in [-0.05, 0) is 50.6 Å². The van der Waals surface area contributed by atoms with Gasteiger partial charge in [0, 0.05) is 14.2 Å². The quantitative estimate of drug-likeness (QED) is 0.273. The molecular weight excluding hydrogens is 468 g/mol. The van der Waals surface area contributed by atoms with Crippen molar-refractivity contribution in [2.24, 2.45) is 0 Å². The Hall–Kier alpha value is -2.95. The predicted octanol–water partition coefficient (Wildman–Crippen LogP) is 4.03. The lowest BCUT2D eigenvalue weighted by molar-refractivity contribution is -0.156. The number of nitrogens with zero attached hydrogens (tertiary/aromatic N) is 1. The predicted molar refractivity (Wildman–Crippen MR) is 148 cm³/mol. The summed E-state index contributed by atoms with van der Waals surface area (Å²) in [6, 6.07) is 27.8. The standard InChI is InChI=1S/C29H34BNO4P/c1-29(2,3)35-27(33)20-26(28(34)31(4)25(21-32)22-14-8-5-9-15-22)36(30,23-16-10-6-11-17-23)24-18-12-7-13-19-24/h5-19,25-26,32H,20-21H2,1-4H3/q+1/t25-,26-/m0/s1. The molecule has 36 heavy (non-hydrogen) atoms. The molecular formula is C29H34BNO4P+. The first-order chi connectivity index (χ1) is 17.1. The Morgan fingerprint density at radius 3 is 1.75 bits per heavy atom. The van der Waals surface area contributed by atoms with E-state index in [4.69, 9.17) is 12.3 Å². The minimum Gasteiger partial charge on any atom is -0.460 e. The molecule has 0 spiro atoms. The number of carbonyl (C=O) groups is 2. The fraction of sp³-hybridized carbons (Fsp3) is 0.310. The third-order valence-electron chi connectivity index (χ3n) is 6.10. The molecule has 1 amide bonds. The summed E-state index contributed by atoms with van der Waals surface area (Å²) in [5.41, 5.74) is -0.796. The number of benzene rings is 3. The maximum Gasteiger partial charge on any atom is 0.378 e. The van der Waals surface area contributed by atoms with Crippen LogP contribution in [0.25, 0.3) is 0 Å². The molecule has 186 valence electrons. The number of hydrogen-bond donors (Lipinski definition) is 1. The van der Waals surface area contributed by atoms with Crippen LogP contribution in [0, 0.1) is 0 Å². The van der Waals surface area contributed by atoms with Gasteiger partial charge in [0.25, 0.3) is 5.91 Å². The summed E-state index contributed by atoms with van der Waals surface area (Å²) in [6.07, 6.45) is -0.179. The molecule has 0 aliphatic carbocycles. The second kappa shape index (κ2) is 11.9. The van der Waals surface area contributed by atoms with Gasteiger partial charge in [0.1, 0.15) is 5.60 Å². The molecule has 1 N–H and O–H groups in total. The van der Waals surface area contributed by atoms with E-state index in [0.29, 0.717) is 0 Å². The summed E-state index contributed by atoms with van der Waals surface area (Å²) in [5, 5.41) is 11.9. The molecule has 0 fully saturated rings. The molecule has 3 rings (SSSR count). The van der Waals surface area contributed by atoms with E-state index in [1.165, 1.54) is 4.90 Å². The van der Waals surface area contributed by atoms with Crippen LogP contribution >= 0.6 is 7.14 Å². The fourth-order valence-corrected chi connectivity index (χ4v) is 7.64. The normalized spacial score (nSPS) is 13.5. The molecule has 0 unspecified atom stereocenters. The van der Waals surface area contributed by atoms with Gasteiger partial charge in [-0.2, -0.15) is 0 Å². The number of aliphatic hydroxyl groups is 1. The van der Waals surface area contributed by atoms with E-state index < -0.39 is 30.4 Å². The third kappa shape index (κ3) is 6.43. The van der Waals surface area contributed by atoms with Crippen molar-refractivity contribution in [3.63, 3.8) is 0 Å². The Labute approximate surface area is 216 Å². The zero-order valence-corrected chi connectivity index (χ0v) is 22.3. The summed E-state index contributed by atoms with van der Waals surface area (Å²) < 4.78 is 5.64. The summed E-state index contributed by atoms with van der Waals surface area (Å²) in [4.78, 5) is 28.9. The van der Waals surface area contributed by atoms with Gasteiger partial charge < -0.3 is 14.7 Å². The van der Waals surface area contributed by atoms with Gasteiger partial charge in [0.2, 0.25) is 0 Å². The van der Waals surface area contributed by atoms with E-state index in [-0.39, 0.29) is 18.9 Å². The van der Waals surface area contributed by atoms with E-state index in [2.05, 4.69) is 0 Å². The van der Waals surface area contributed by atoms with Crippen LogP contribution in [0.3, 0.4) is 0 Å². The highest BCUT2D eigenvalue weighted by Gasteiger charge is 2.52. The molecule has 0 aliphatic heterocycles. The Morgan fingerprint density at radius 1 is 0.889 bits per heavy atom. The molecule has 0 heterocycles. The maximum absolute atomic E-state index is 14.3. The Bertz CT molecular complexity index is 1100. The summed E-state index contributed by atoms with van der Waals surface area (Å²) >= 11 is 0. The van der Waals surface area contributed by atoms with Crippen molar-refractivity contribution in [3.05, 3.63) is 96.6 Å². The topological polar surface area (TPSA) is 66.8 Å². The number of amides is 1. The summed E-state index contributed by atoms with van der Waals surface area (Å²) in [7, 11) is 6.03. The molecule has 0 aliphatic rings. The molecule has 7 heteroatoms. The zero-order chi connectivity index (χ0) is 26.3. The average Bonchev–Trinajstić information content (AvgIpc) is 2.87. The van der Waals surface area contributed by atoms with E-state index in [1.807, 2.05) is 91.0 Å². The highest BCUT2D eigenvalue weighted by Crippen LogP contribution is 2.58. The lowest BCUT2D eigenvalue weighted by Crippen LogP contribution is -2.46. The zero-order valence-electron chi connectivity index (χ0n) is 21.4. The van der Waals surface area contributed by atoms with Gasteiger partial charge in [-0.1, -0.05) is 66.7 Å². The molecule has 3 aromatic carbocycles. The second-order valence-electron chi connectivity index (χ2n) is 9.81. The lowest BCUT2D eigenvalue weighted by atomic mass is 10.1. The summed E-state index contributed by atoms with van der Waals surface area (Å²) in [6.45, 7) is 5.12. The van der Waals surface area contributed by atoms with Crippen molar-refractivity contribution in [1.29, 1.82) is 0 Å². The third-order valence-corrected chi connectivity index (χ3v) is 9.79. The lowest BCUT2D eigenvalue weighted by Gasteiger charge is -2.36. The van der Waals surface area contributed by atoms with Gasteiger partial charge in [-0.3, -0.25) is 9.59 Å². The number of esters is 1. The van der Waals surface area contributed by atoms with Crippen molar-refractivity contribution in [1.82, 2.24) is 4.90 Å². The second-order valence-corrected chi connectivity index (χ2v) is 13.0. The van der Waals surface area contributed by atoms with Crippen molar-refractivity contribution < 1.29 is 19.4 Å². The minimum absolute atomic E-state index is 0.179. The molecule has 0 bridgehead atoms. The Morgan fingerprint density at radius 2 is 1.33 bits per heavy atom. The van der Waals surface area contributed by atoms with Crippen LogP contribution in [-0.2, 0) is 14.3 Å². The Kier molecular flexibility index (Phi) is 9.11. The van der Waals surface area contributed by atoms with Gasteiger partial charge in [0.15, 0.2) is 5.66 Å². The number of ether oxygens (including phenoxy) is 1. The van der Waals surface area contributed by atoms with Gasteiger partial charge in [-0.25, -0.2) is 0 Å². The van der Waals surface area contributed by atoms with Crippen molar-refractivity contribution in [2.75, 3.05) is 13.7 Å². The van der Waals surface area contributed by atoms with Crippen LogP contribution in [0.1, 0.15) is 38.8 Å². The average molecular weight is 502 g/mol. The first kappa shape index (κ1) is 27.6. The van der Waals surface area contributed by atoms with Crippen molar-refractivity contribution >= 4 is 37.2 Å². The maximum atomic E-state index is 14.3. The van der Waals surface area contributed by atoms with E-state index in [1.54, 1.807) is 27.8 Å². The van der Waals surface area contributed by atoms with Crippen LogP contribution < -0.4 is 10.6 Å². The first-order valence-corrected chi connectivity index (χ1v) is 13.9. The minimum atomic E-state index is -2.93. The SMILES string of the molecule is [B][P+](c1ccccc1)(c1ccccc1)[C@@H](CC(=O)OC(C)(C)C)C(=O)N(C)[C@@H](CO)c1ccccc1. The van der Waals surface area contributed by atoms with Gasteiger partial charge in [-0.15, -0.1) is 0 Å². The van der Waals surface area contributed by atoms with Gasteiger partial charge >= 0.3 is 13.5 Å². The smallest absolute Gasteiger partial charge is 0.378 e. The van der Waals surface area contributed by atoms with Crippen LogP contribution in [-0.4, -0.2) is 54.4 Å². The number of hydrogen-bond acceptors (Lipinski definition) is 4. The first-order valence-electron chi connectivity index (χ1n) is 12.0. The van der Waals surface area contributed by atoms with Crippen molar-refractivity contribution in [2.45, 2.75) is 44.5 Å². The molecule has 0 saturated carbocycles. The highest BCUT2D eigenvalue weighted by atomic mass is 31.2. The van der Waals surface area contributed by atoms with E-state index in [0.717, 1.165) is 16.2 Å². The summed E-state index contributed by atoms with van der Waals surface area (Å²) in [5.74, 6) is -0.802. The molecule has 3 aromatic rings. The molecule has 5 nitrogen and oxygen atoms in total. The van der Waals surface area contributed by atoms with Crippen molar-refractivity contribution in [3.8, 4) is 0 Å². The van der Waals surface area contributed by atoms with Crippen LogP contribution in [0.4, 0.5) is 0 Å². The highest BCUT2D eigenvalue weighted by molar-refractivity contribution is 8.09.